The highest BCUT2D eigenvalue weighted by atomic mass is 32.1. The Balaban J connectivity index is 1.76. The van der Waals surface area contributed by atoms with Crippen molar-refractivity contribution in [1.82, 2.24) is 15.3 Å². The minimum absolute atomic E-state index is 0.0548. The number of carbonyl (C=O) groups excluding carboxylic acids is 3. The van der Waals surface area contributed by atoms with E-state index in [9.17, 15) is 14.4 Å². The highest BCUT2D eigenvalue weighted by Crippen LogP contribution is 2.19. The Morgan fingerprint density at radius 2 is 1.93 bits per heavy atom. The topological polar surface area (TPSA) is 101 Å². The Bertz CT molecular complexity index is 956. The highest BCUT2D eigenvalue weighted by molar-refractivity contribution is 7.12. The molecule has 3 rings (SSSR count). The number of benzene rings is 1. The van der Waals surface area contributed by atoms with Crippen LogP contribution in [0, 0.1) is 5.92 Å². The smallest absolute Gasteiger partial charge is 0.328 e. The van der Waals surface area contributed by atoms with Crippen molar-refractivity contribution in [3.8, 4) is 0 Å². The van der Waals surface area contributed by atoms with Gasteiger partial charge in [-0.3, -0.25) is 9.59 Å². The summed E-state index contributed by atoms with van der Waals surface area (Å²) in [7, 11) is 1.27. The van der Waals surface area contributed by atoms with Gasteiger partial charge in [0.25, 0.3) is 0 Å². The Hall–Kier alpha value is -3.26. The van der Waals surface area contributed by atoms with Crippen molar-refractivity contribution < 1.29 is 19.1 Å². The number of Topliss-reactive ketones (excluding diaryl/α,β-unsaturated/α-hetero) is 1. The second kappa shape index (κ2) is 10.5. The van der Waals surface area contributed by atoms with Crippen molar-refractivity contribution in [3.05, 3.63) is 76.5 Å². The number of H-pyrrole nitrogens is 1. The number of ketones is 1. The first-order valence-corrected chi connectivity index (χ1v) is 10.4. The number of esters is 1. The van der Waals surface area contributed by atoms with Gasteiger partial charge >= 0.3 is 5.97 Å². The molecule has 7 nitrogen and oxygen atoms in total. The standard InChI is InChI=1S/C22H23N3O4S/c1-29-22(28)18(12-17-13-23-14-24-17)25-21(27)16(10-15-6-3-2-4-7-15)11-19(26)20-8-5-9-30-20/h2-9,13-14,16,18H,10-12H2,1H3,(H,23,24)(H,25,27)/t16?,18-/m1/s1. The number of aromatic amines is 1. The summed E-state index contributed by atoms with van der Waals surface area (Å²) in [4.78, 5) is 45.5. The minimum atomic E-state index is -0.877. The van der Waals surface area contributed by atoms with Crippen LogP contribution in [0.4, 0.5) is 0 Å². The molecule has 1 amide bonds. The number of rotatable bonds is 10. The molecule has 2 aromatic heterocycles. The van der Waals surface area contributed by atoms with Crippen LogP contribution in [0.1, 0.15) is 27.3 Å². The second-order valence-electron chi connectivity index (χ2n) is 6.86. The summed E-state index contributed by atoms with van der Waals surface area (Å²) in [5, 5.41) is 4.60. The maximum Gasteiger partial charge on any atom is 0.328 e. The van der Waals surface area contributed by atoms with Gasteiger partial charge in [0.15, 0.2) is 5.78 Å². The van der Waals surface area contributed by atoms with Crippen molar-refractivity contribution in [3.63, 3.8) is 0 Å². The number of thiophene rings is 1. The molecule has 0 saturated heterocycles. The molecule has 0 aliphatic carbocycles. The summed E-state index contributed by atoms with van der Waals surface area (Å²) in [5.41, 5.74) is 1.64. The lowest BCUT2D eigenvalue weighted by Gasteiger charge is -2.21. The summed E-state index contributed by atoms with van der Waals surface area (Å²) in [5.74, 6) is -1.63. The SMILES string of the molecule is COC(=O)[C@@H](Cc1cnc[nH]1)NC(=O)C(CC(=O)c1cccs1)Cc1ccccc1. The van der Waals surface area contributed by atoms with Crippen molar-refractivity contribution in [2.75, 3.05) is 7.11 Å². The molecule has 0 fully saturated rings. The van der Waals surface area contributed by atoms with Crippen molar-refractivity contribution in [2.24, 2.45) is 5.92 Å². The molecule has 0 aliphatic heterocycles. The van der Waals surface area contributed by atoms with Crippen LogP contribution in [-0.2, 0) is 27.2 Å². The van der Waals surface area contributed by atoms with Crippen molar-refractivity contribution >= 4 is 29.0 Å². The van der Waals surface area contributed by atoms with Crippen LogP contribution in [0.3, 0.4) is 0 Å². The zero-order valence-corrected chi connectivity index (χ0v) is 17.4. The van der Waals surface area contributed by atoms with Crippen molar-refractivity contribution in [1.29, 1.82) is 0 Å². The third-order valence-corrected chi connectivity index (χ3v) is 5.62. The number of ether oxygens (including phenoxy) is 1. The molecule has 0 aliphatic rings. The molecule has 2 atom stereocenters. The molecule has 1 unspecified atom stereocenters. The van der Waals surface area contributed by atoms with Gasteiger partial charge in [0.1, 0.15) is 6.04 Å². The van der Waals surface area contributed by atoms with Gasteiger partial charge in [0, 0.05) is 30.7 Å². The normalized spacial score (nSPS) is 12.7. The van der Waals surface area contributed by atoms with Crippen molar-refractivity contribution in [2.45, 2.75) is 25.3 Å². The summed E-state index contributed by atoms with van der Waals surface area (Å²) in [6.45, 7) is 0. The number of imidazole rings is 1. The fourth-order valence-corrected chi connectivity index (χ4v) is 3.83. The van der Waals surface area contributed by atoms with E-state index in [1.54, 1.807) is 12.3 Å². The largest absolute Gasteiger partial charge is 0.467 e. The predicted octanol–water partition coefficient (Wildman–Crippen LogP) is 2.80. The van der Waals surface area contributed by atoms with Crippen LogP contribution in [-0.4, -0.2) is 40.8 Å². The molecule has 1 aromatic carbocycles. The monoisotopic (exact) mass is 425 g/mol. The van der Waals surface area contributed by atoms with Crippen LogP contribution in [0.5, 0.6) is 0 Å². The summed E-state index contributed by atoms with van der Waals surface area (Å²) in [6.07, 6.45) is 3.75. The summed E-state index contributed by atoms with van der Waals surface area (Å²) < 4.78 is 4.85. The number of nitrogens with one attached hydrogen (secondary N) is 2. The van der Waals surface area contributed by atoms with Crippen LogP contribution >= 0.6 is 11.3 Å². The van der Waals surface area contributed by atoms with Gasteiger partial charge in [-0.15, -0.1) is 11.3 Å². The molecule has 2 heterocycles. The number of carbonyl (C=O) groups is 3. The lowest BCUT2D eigenvalue weighted by molar-refractivity contribution is -0.145. The quantitative estimate of drug-likeness (QED) is 0.384. The lowest BCUT2D eigenvalue weighted by atomic mass is 9.92. The molecule has 30 heavy (non-hydrogen) atoms. The fourth-order valence-electron chi connectivity index (χ4n) is 3.16. The molecular weight excluding hydrogens is 402 g/mol. The van der Waals surface area contributed by atoms with Gasteiger partial charge in [-0.25, -0.2) is 9.78 Å². The number of hydrogen-bond donors (Lipinski definition) is 2. The van der Waals surface area contributed by atoms with Crippen LogP contribution in [0.15, 0.2) is 60.4 Å². The first-order valence-electron chi connectivity index (χ1n) is 9.53. The Labute approximate surface area is 178 Å². The molecule has 8 heteroatoms. The van der Waals surface area contributed by atoms with E-state index in [4.69, 9.17) is 4.74 Å². The first kappa shape index (κ1) is 21.4. The van der Waals surface area contributed by atoms with Gasteiger partial charge in [0.05, 0.1) is 18.3 Å². The predicted molar refractivity (Wildman–Crippen MR) is 113 cm³/mol. The van der Waals surface area contributed by atoms with E-state index in [0.29, 0.717) is 17.0 Å². The summed E-state index contributed by atoms with van der Waals surface area (Å²) in [6, 6.07) is 12.2. The Morgan fingerprint density at radius 1 is 1.13 bits per heavy atom. The van der Waals surface area contributed by atoms with Gasteiger partial charge in [-0.1, -0.05) is 36.4 Å². The molecule has 156 valence electrons. The third-order valence-electron chi connectivity index (χ3n) is 4.70. The van der Waals surface area contributed by atoms with E-state index >= 15 is 0 Å². The molecule has 0 saturated carbocycles. The average molecular weight is 426 g/mol. The van der Waals surface area contributed by atoms with Gasteiger partial charge < -0.3 is 15.0 Å². The third kappa shape index (κ3) is 5.87. The molecule has 0 bridgehead atoms. The molecule has 3 aromatic rings. The highest BCUT2D eigenvalue weighted by Gasteiger charge is 2.29. The van der Waals surface area contributed by atoms with Crippen LogP contribution < -0.4 is 5.32 Å². The van der Waals surface area contributed by atoms with E-state index < -0.39 is 17.9 Å². The average Bonchev–Trinajstić information content (AvgIpc) is 3.47. The van der Waals surface area contributed by atoms with Gasteiger partial charge in [-0.05, 0) is 23.4 Å². The van der Waals surface area contributed by atoms with E-state index in [1.807, 2.05) is 41.8 Å². The molecule has 2 N–H and O–H groups in total. The maximum atomic E-state index is 13.1. The zero-order valence-electron chi connectivity index (χ0n) is 16.5. The Morgan fingerprint density at radius 3 is 2.57 bits per heavy atom. The van der Waals surface area contributed by atoms with Gasteiger partial charge in [0.2, 0.25) is 5.91 Å². The fraction of sp³-hybridized carbons (Fsp3) is 0.273. The van der Waals surface area contributed by atoms with E-state index in [2.05, 4.69) is 15.3 Å². The molecule has 0 radical (unpaired) electrons. The number of methoxy groups -OCH3 is 1. The molecule has 0 spiro atoms. The summed E-state index contributed by atoms with van der Waals surface area (Å²) >= 11 is 1.35. The molecular formula is C22H23N3O4S. The lowest BCUT2D eigenvalue weighted by Crippen LogP contribution is -2.46. The first-order chi connectivity index (χ1) is 14.6. The number of aromatic nitrogens is 2. The van der Waals surface area contributed by atoms with Gasteiger partial charge in [-0.2, -0.15) is 0 Å². The maximum absolute atomic E-state index is 13.1. The number of amides is 1. The second-order valence-corrected chi connectivity index (χ2v) is 7.80. The van der Waals surface area contributed by atoms with E-state index in [1.165, 1.54) is 24.8 Å². The minimum Gasteiger partial charge on any atom is -0.467 e. The number of hydrogen-bond acceptors (Lipinski definition) is 6. The van der Waals surface area contributed by atoms with Crippen LogP contribution in [0.2, 0.25) is 0 Å². The number of nitrogens with zero attached hydrogens (tertiary/aromatic N) is 1. The zero-order chi connectivity index (χ0) is 21.3. The van der Waals surface area contributed by atoms with Crippen LogP contribution in [0.25, 0.3) is 0 Å². The Kier molecular flexibility index (Phi) is 7.51. The van der Waals surface area contributed by atoms with E-state index in [0.717, 1.165) is 5.56 Å². The van der Waals surface area contributed by atoms with E-state index in [-0.39, 0.29) is 24.5 Å².